The Labute approximate surface area is 274 Å². The van der Waals surface area contributed by atoms with Crippen LogP contribution in [-0.2, 0) is 16.2 Å². The quantitative estimate of drug-likeness (QED) is 0.131. The first-order valence-electron chi connectivity index (χ1n) is 15.8. The summed E-state index contributed by atoms with van der Waals surface area (Å²) in [5.41, 5.74) is 4.19. The first-order valence-corrected chi connectivity index (χ1v) is 19.5. The summed E-state index contributed by atoms with van der Waals surface area (Å²) < 4.78 is 13.9. The number of fused-ring (bicyclic) bond motifs is 1. The number of amides is 3. The van der Waals surface area contributed by atoms with Gasteiger partial charge in [0.1, 0.15) is 30.3 Å². The van der Waals surface area contributed by atoms with Crippen LogP contribution in [0.2, 0.25) is 25.7 Å². The molecule has 0 atom stereocenters. The van der Waals surface area contributed by atoms with Crippen LogP contribution in [0.5, 0.6) is 0 Å². The van der Waals surface area contributed by atoms with Crippen molar-refractivity contribution < 1.29 is 24.2 Å². The summed E-state index contributed by atoms with van der Waals surface area (Å²) in [5.74, 6) is 1.28. The zero-order valence-corrected chi connectivity index (χ0v) is 27.9. The molecule has 0 aliphatic carbocycles. The van der Waals surface area contributed by atoms with Crippen molar-refractivity contribution in [2.24, 2.45) is 0 Å². The van der Waals surface area contributed by atoms with Crippen LogP contribution in [0.3, 0.4) is 0 Å². The Kier molecular flexibility index (Phi) is 9.56. The van der Waals surface area contributed by atoms with Gasteiger partial charge in [0.15, 0.2) is 0 Å². The maximum atomic E-state index is 12.9. The Morgan fingerprint density at radius 2 is 1.77 bits per heavy atom. The van der Waals surface area contributed by atoms with Gasteiger partial charge >= 0.3 is 12.1 Å². The number of rotatable bonds is 11. The third-order valence-electron chi connectivity index (χ3n) is 8.19. The van der Waals surface area contributed by atoms with Crippen LogP contribution >= 0.6 is 0 Å². The van der Waals surface area contributed by atoms with Crippen LogP contribution in [0.15, 0.2) is 55.0 Å². The maximum Gasteiger partial charge on any atom is 0.405 e. The number of nitrogens with zero attached hydrogens (tertiary/aromatic N) is 6. The molecule has 15 heteroatoms. The second-order valence-corrected chi connectivity index (χ2v) is 18.6. The molecule has 2 saturated heterocycles. The van der Waals surface area contributed by atoms with E-state index in [1.165, 1.54) is 0 Å². The molecule has 0 bridgehead atoms. The van der Waals surface area contributed by atoms with Gasteiger partial charge in [-0.3, -0.25) is 5.32 Å². The predicted molar refractivity (Wildman–Crippen MR) is 184 cm³/mol. The first-order chi connectivity index (χ1) is 22.6. The molecule has 3 amide bonds. The lowest BCUT2D eigenvalue weighted by Crippen LogP contribution is -2.59. The molecule has 4 N–H and O–H groups in total. The van der Waals surface area contributed by atoms with Crippen LogP contribution in [0.4, 0.5) is 32.6 Å². The van der Waals surface area contributed by atoms with Gasteiger partial charge in [0, 0.05) is 64.5 Å². The van der Waals surface area contributed by atoms with Gasteiger partial charge in [-0.25, -0.2) is 24.5 Å². The molecule has 2 fully saturated rings. The van der Waals surface area contributed by atoms with E-state index < -0.39 is 20.2 Å². The Bertz CT molecular complexity index is 1710. The predicted octanol–water partition coefficient (Wildman–Crippen LogP) is 4.74. The van der Waals surface area contributed by atoms with E-state index in [0.717, 1.165) is 52.9 Å². The molecule has 1 aromatic carbocycles. The zero-order chi connectivity index (χ0) is 33.0. The molecular formula is C32H41N9O5Si. The fraction of sp³-hybridized carbons (Fsp3) is 0.406. The minimum absolute atomic E-state index is 0.119. The monoisotopic (exact) mass is 659 g/mol. The molecule has 0 saturated carbocycles. The van der Waals surface area contributed by atoms with Crippen molar-refractivity contribution in [2.45, 2.75) is 38.5 Å². The van der Waals surface area contributed by atoms with E-state index >= 15 is 0 Å². The number of morpholine rings is 1. The zero-order valence-electron chi connectivity index (χ0n) is 26.9. The second-order valence-electron chi connectivity index (χ2n) is 12.9. The molecule has 0 spiro atoms. The van der Waals surface area contributed by atoms with Crippen molar-refractivity contribution in [1.82, 2.24) is 24.8 Å². The average molecular weight is 660 g/mol. The summed E-state index contributed by atoms with van der Waals surface area (Å²) >= 11 is 0. The second kappa shape index (κ2) is 13.9. The van der Waals surface area contributed by atoms with Gasteiger partial charge in [-0.2, -0.15) is 0 Å². The number of anilines is 4. The highest BCUT2D eigenvalue weighted by molar-refractivity contribution is 6.76. The average Bonchev–Trinajstić information content (AvgIpc) is 3.40. The van der Waals surface area contributed by atoms with Crippen molar-refractivity contribution >= 4 is 54.2 Å². The van der Waals surface area contributed by atoms with E-state index in [1.54, 1.807) is 18.6 Å². The molecule has 6 rings (SSSR count). The lowest BCUT2D eigenvalue weighted by Gasteiger charge is -2.40. The summed E-state index contributed by atoms with van der Waals surface area (Å²) in [4.78, 5) is 41.5. The van der Waals surface area contributed by atoms with Crippen LogP contribution in [0, 0.1) is 0 Å². The molecule has 2 aliphatic rings. The minimum Gasteiger partial charge on any atom is -0.465 e. The summed E-state index contributed by atoms with van der Waals surface area (Å²) in [6.45, 7) is 12.0. The number of hydrogen-bond acceptors (Lipinski definition) is 9. The molecule has 3 aromatic heterocycles. The summed E-state index contributed by atoms with van der Waals surface area (Å²) in [6, 6.07) is 13.9. The van der Waals surface area contributed by atoms with Crippen LogP contribution < -0.4 is 25.8 Å². The Hall–Kier alpha value is -4.73. The Morgan fingerprint density at radius 3 is 2.49 bits per heavy atom. The van der Waals surface area contributed by atoms with Crippen molar-refractivity contribution in [2.75, 3.05) is 66.4 Å². The van der Waals surface area contributed by atoms with Gasteiger partial charge in [-0.1, -0.05) is 31.8 Å². The highest BCUT2D eigenvalue weighted by atomic mass is 28.3. The summed E-state index contributed by atoms with van der Waals surface area (Å²) in [6.07, 6.45) is 2.19. The summed E-state index contributed by atoms with van der Waals surface area (Å²) in [5, 5.41) is 18.0. The van der Waals surface area contributed by atoms with Crippen molar-refractivity contribution in [3.63, 3.8) is 0 Å². The number of ether oxygens (including phenoxy) is 2. The number of urea groups is 1. The number of carboxylic acid groups (broad SMARTS) is 1. The van der Waals surface area contributed by atoms with Crippen LogP contribution in [0.25, 0.3) is 22.3 Å². The van der Waals surface area contributed by atoms with E-state index in [1.807, 2.05) is 35.2 Å². The fourth-order valence-corrected chi connectivity index (χ4v) is 6.38. The van der Waals surface area contributed by atoms with Gasteiger partial charge in [-0.05, 0) is 35.9 Å². The van der Waals surface area contributed by atoms with Gasteiger partial charge in [0.25, 0.3) is 0 Å². The highest BCUT2D eigenvalue weighted by Crippen LogP contribution is 2.33. The third-order valence-corrected chi connectivity index (χ3v) is 9.90. The molecule has 5 heterocycles. The Morgan fingerprint density at radius 1 is 1.00 bits per heavy atom. The minimum atomic E-state index is -1.25. The number of pyridine rings is 1. The largest absolute Gasteiger partial charge is 0.465 e. The molecule has 2 aliphatic heterocycles. The molecule has 47 heavy (non-hydrogen) atoms. The maximum absolute atomic E-state index is 12.9. The third kappa shape index (κ3) is 7.98. The number of benzene rings is 1. The van der Waals surface area contributed by atoms with E-state index in [0.29, 0.717) is 51.1 Å². The normalized spacial score (nSPS) is 15.4. The van der Waals surface area contributed by atoms with E-state index in [-0.39, 0.29) is 6.04 Å². The number of carbonyl (C=O) groups is 2. The van der Waals surface area contributed by atoms with E-state index in [2.05, 4.69) is 66.1 Å². The van der Waals surface area contributed by atoms with Crippen molar-refractivity contribution in [1.29, 1.82) is 0 Å². The SMILES string of the molecule is C[Si](C)(C)CCOCn1c(-c2ccc(NC(=O)Nc3cc(N4CC(NC(=O)O)C4)ccn3)cc2)cc2c(N3CCOCC3)ncnc21. The van der Waals surface area contributed by atoms with E-state index in [4.69, 9.17) is 14.6 Å². The smallest absolute Gasteiger partial charge is 0.405 e. The van der Waals surface area contributed by atoms with Crippen LogP contribution in [0.1, 0.15) is 0 Å². The number of hydrogen-bond donors (Lipinski definition) is 4. The summed E-state index contributed by atoms with van der Waals surface area (Å²) in [7, 11) is -1.25. The lowest BCUT2D eigenvalue weighted by molar-refractivity contribution is 0.0909. The van der Waals surface area contributed by atoms with Gasteiger partial charge in [0.2, 0.25) is 0 Å². The van der Waals surface area contributed by atoms with Gasteiger partial charge < -0.3 is 39.6 Å². The molecule has 248 valence electrons. The number of carbonyl (C=O) groups excluding carboxylic acids is 1. The fourth-order valence-electron chi connectivity index (χ4n) is 5.62. The molecule has 0 unspecified atom stereocenters. The van der Waals surface area contributed by atoms with Gasteiger partial charge in [-0.15, -0.1) is 0 Å². The first kappa shape index (κ1) is 32.2. The Balaban J connectivity index is 1.16. The molecule has 4 aromatic rings. The van der Waals surface area contributed by atoms with E-state index in [9.17, 15) is 9.59 Å². The standard InChI is InChI=1S/C32H41N9O5Si/c1-47(2,3)15-14-46-21-41-27(17-26-29(34-20-35-30(26)41)39-10-12-45-13-11-39)22-4-6-23(7-5-22)36-31(42)38-28-16-25(8-9-33-28)40-18-24(19-40)37-32(43)44/h4-9,16-17,20,24,37H,10-15,18-19,21H2,1-3H3,(H,43,44)(H2,33,36,38,42). The number of nitrogens with one attached hydrogen (secondary N) is 3. The van der Waals surface area contributed by atoms with Crippen LogP contribution in [-0.4, -0.2) is 96.9 Å². The molecule has 14 nitrogen and oxygen atoms in total. The molecule has 0 radical (unpaired) electrons. The molecular weight excluding hydrogens is 618 g/mol. The van der Waals surface area contributed by atoms with Crippen molar-refractivity contribution in [3.05, 3.63) is 55.0 Å². The van der Waals surface area contributed by atoms with Gasteiger partial charge in [0.05, 0.1) is 30.3 Å². The van der Waals surface area contributed by atoms with Crippen molar-refractivity contribution in [3.8, 4) is 11.3 Å². The topological polar surface area (TPSA) is 159 Å². The highest BCUT2D eigenvalue weighted by Gasteiger charge is 2.28. The lowest BCUT2D eigenvalue weighted by atomic mass is 10.1. The number of aromatic nitrogens is 4.